The molecule has 0 aliphatic heterocycles. The van der Waals surface area contributed by atoms with Gasteiger partial charge in [0.15, 0.2) is 4.60 Å². The van der Waals surface area contributed by atoms with Crippen LogP contribution >= 0.6 is 15.9 Å². The molecule has 1 aromatic rings. The van der Waals surface area contributed by atoms with Crippen molar-refractivity contribution in [3.63, 3.8) is 0 Å². The van der Waals surface area contributed by atoms with E-state index in [9.17, 15) is 0 Å². The third-order valence-electron chi connectivity index (χ3n) is 2.01. The van der Waals surface area contributed by atoms with E-state index in [-0.39, 0.29) is 6.04 Å². The number of hydrogen-bond donors (Lipinski definition) is 1. The molecule has 4 nitrogen and oxygen atoms in total. The molecule has 0 amide bonds. The predicted molar refractivity (Wildman–Crippen MR) is 59.9 cm³/mol. The Morgan fingerprint density at radius 1 is 1.71 bits per heavy atom. The number of rotatable bonds is 5. The second-order valence-corrected chi connectivity index (χ2v) is 3.77. The first kappa shape index (κ1) is 11.4. The van der Waals surface area contributed by atoms with Gasteiger partial charge in [0.05, 0.1) is 11.7 Å². The highest BCUT2D eigenvalue weighted by Crippen LogP contribution is 2.22. The molecule has 1 unspecified atom stereocenters. The molecule has 0 bridgehead atoms. The molecule has 0 aliphatic carbocycles. The minimum Gasteiger partial charge on any atom is -0.309 e. The van der Waals surface area contributed by atoms with Crippen molar-refractivity contribution in [1.82, 2.24) is 20.3 Å². The lowest BCUT2D eigenvalue weighted by Crippen LogP contribution is -2.23. The lowest BCUT2D eigenvalue weighted by molar-refractivity contribution is 0.512. The lowest BCUT2D eigenvalue weighted by atomic mass is 10.1. The Kier molecular flexibility index (Phi) is 4.28. The zero-order valence-corrected chi connectivity index (χ0v) is 10.1. The second kappa shape index (κ2) is 5.26. The van der Waals surface area contributed by atoms with Crippen LogP contribution in [0.25, 0.3) is 0 Å². The normalized spacial score (nSPS) is 12.8. The monoisotopic (exact) mass is 258 g/mol. The van der Waals surface area contributed by atoms with Crippen LogP contribution in [0.5, 0.6) is 0 Å². The van der Waals surface area contributed by atoms with Gasteiger partial charge in [-0.25, -0.2) is 4.68 Å². The zero-order valence-electron chi connectivity index (χ0n) is 8.50. The van der Waals surface area contributed by atoms with Gasteiger partial charge in [0.1, 0.15) is 0 Å². The summed E-state index contributed by atoms with van der Waals surface area (Å²) in [4.78, 5) is 0. The SMILES string of the molecule is C=CCC(NCC)c1c(Br)nnn1C. The Labute approximate surface area is 92.5 Å². The van der Waals surface area contributed by atoms with Gasteiger partial charge in [-0.15, -0.1) is 11.7 Å². The number of nitrogens with zero attached hydrogens (tertiary/aromatic N) is 3. The summed E-state index contributed by atoms with van der Waals surface area (Å²) in [7, 11) is 1.89. The third-order valence-corrected chi connectivity index (χ3v) is 2.57. The van der Waals surface area contributed by atoms with Crippen LogP contribution in [0.4, 0.5) is 0 Å². The molecule has 1 N–H and O–H groups in total. The van der Waals surface area contributed by atoms with Gasteiger partial charge in [-0.05, 0) is 28.9 Å². The van der Waals surface area contributed by atoms with Crippen LogP contribution in [0.2, 0.25) is 0 Å². The van der Waals surface area contributed by atoms with Gasteiger partial charge in [0, 0.05) is 7.05 Å². The van der Waals surface area contributed by atoms with Gasteiger partial charge in [0.2, 0.25) is 0 Å². The van der Waals surface area contributed by atoms with Gasteiger partial charge in [-0.3, -0.25) is 0 Å². The van der Waals surface area contributed by atoms with Crippen LogP contribution in [0, 0.1) is 0 Å². The van der Waals surface area contributed by atoms with E-state index in [2.05, 4.69) is 45.1 Å². The van der Waals surface area contributed by atoms with E-state index in [1.54, 1.807) is 4.68 Å². The molecule has 78 valence electrons. The van der Waals surface area contributed by atoms with E-state index >= 15 is 0 Å². The number of nitrogens with one attached hydrogen (secondary N) is 1. The summed E-state index contributed by atoms with van der Waals surface area (Å²) >= 11 is 3.39. The first-order chi connectivity index (χ1) is 6.70. The molecule has 14 heavy (non-hydrogen) atoms. The summed E-state index contributed by atoms with van der Waals surface area (Å²) in [6, 6.07) is 0.229. The summed E-state index contributed by atoms with van der Waals surface area (Å²) < 4.78 is 2.58. The van der Waals surface area contributed by atoms with E-state index in [1.165, 1.54) is 0 Å². The smallest absolute Gasteiger partial charge is 0.153 e. The standard InChI is InChI=1S/C9H15BrN4/c1-4-6-7(11-5-2)8-9(10)12-13-14(8)3/h4,7,11H,1,5-6H2,2-3H3. The van der Waals surface area contributed by atoms with Crippen LogP contribution in [-0.2, 0) is 7.05 Å². The summed E-state index contributed by atoms with van der Waals surface area (Å²) in [5, 5.41) is 11.3. The second-order valence-electron chi connectivity index (χ2n) is 3.02. The molecule has 0 aliphatic rings. The fourth-order valence-electron chi connectivity index (χ4n) is 1.41. The van der Waals surface area contributed by atoms with Crippen LogP contribution in [0.1, 0.15) is 25.1 Å². The van der Waals surface area contributed by atoms with Crippen molar-refractivity contribution in [2.75, 3.05) is 6.54 Å². The fourth-order valence-corrected chi connectivity index (χ4v) is 2.02. The van der Waals surface area contributed by atoms with Gasteiger partial charge in [0.25, 0.3) is 0 Å². The number of hydrogen-bond acceptors (Lipinski definition) is 3. The molecule has 0 saturated carbocycles. The predicted octanol–water partition coefficient (Wildman–Crippen LogP) is 1.80. The maximum atomic E-state index is 3.96. The van der Waals surface area contributed by atoms with Crippen LogP contribution in [0.15, 0.2) is 17.3 Å². The van der Waals surface area contributed by atoms with E-state index < -0.39 is 0 Å². The van der Waals surface area contributed by atoms with E-state index in [0.717, 1.165) is 23.3 Å². The zero-order chi connectivity index (χ0) is 10.6. The Balaban J connectivity index is 2.91. The van der Waals surface area contributed by atoms with Gasteiger partial charge in [-0.2, -0.15) is 0 Å². The summed E-state index contributed by atoms with van der Waals surface area (Å²) in [5.41, 5.74) is 1.06. The average Bonchev–Trinajstić information content (AvgIpc) is 2.46. The first-order valence-electron chi connectivity index (χ1n) is 4.60. The van der Waals surface area contributed by atoms with Crippen molar-refractivity contribution in [2.45, 2.75) is 19.4 Å². The number of halogens is 1. The molecule has 0 saturated heterocycles. The first-order valence-corrected chi connectivity index (χ1v) is 5.39. The summed E-state index contributed by atoms with van der Waals surface area (Å²) in [6.07, 6.45) is 2.76. The molecule has 1 rings (SSSR count). The molecule has 0 fully saturated rings. The van der Waals surface area contributed by atoms with E-state index in [0.29, 0.717) is 0 Å². The fraction of sp³-hybridized carbons (Fsp3) is 0.556. The molecule has 0 radical (unpaired) electrons. The minimum absolute atomic E-state index is 0.229. The van der Waals surface area contributed by atoms with Crippen molar-refractivity contribution in [3.05, 3.63) is 23.0 Å². The van der Waals surface area contributed by atoms with Gasteiger partial charge >= 0.3 is 0 Å². The van der Waals surface area contributed by atoms with E-state index in [4.69, 9.17) is 0 Å². The molecular weight excluding hydrogens is 244 g/mol. The van der Waals surface area contributed by atoms with E-state index in [1.807, 2.05) is 13.1 Å². The van der Waals surface area contributed by atoms with Crippen molar-refractivity contribution < 1.29 is 0 Å². The molecule has 1 heterocycles. The van der Waals surface area contributed by atoms with Gasteiger partial charge in [-0.1, -0.05) is 18.2 Å². The molecule has 1 atom stereocenters. The molecule has 1 aromatic heterocycles. The number of aromatic nitrogens is 3. The molecular formula is C9H15BrN4. The molecule has 0 spiro atoms. The molecule has 0 aromatic carbocycles. The summed E-state index contributed by atoms with van der Waals surface area (Å²) in [6.45, 7) is 6.74. The topological polar surface area (TPSA) is 42.7 Å². The van der Waals surface area contributed by atoms with Crippen LogP contribution in [-0.4, -0.2) is 21.5 Å². The maximum Gasteiger partial charge on any atom is 0.153 e. The maximum absolute atomic E-state index is 3.96. The number of aryl methyl sites for hydroxylation is 1. The Hall–Kier alpha value is -0.680. The van der Waals surface area contributed by atoms with Crippen LogP contribution in [0.3, 0.4) is 0 Å². The highest BCUT2D eigenvalue weighted by Gasteiger charge is 2.17. The van der Waals surface area contributed by atoms with Crippen LogP contribution < -0.4 is 5.32 Å². The Bertz CT molecular complexity index is 288. The minimum atomic E-state index is 0.229. The Morgan fingerprint density at radius 2 is 2.43 bits per heavy atom. The van der Waals surface area contributed by atoms with Crippen molar-refractivity contribution >= 4 is 15.9 Å². The van der Waals surface area contributed by atoms with Crippen molar-refractivity contribution in [1.29, 1.82) is 0 Å². The van der Waals surface area contributed by atoms with Crippen molar-refractivity contribution in [3.8, 4) is 0 Å². The largest absolute Gasteiger partial charge is 0.309 e. The van der Waals surface area contributed by atoms with Crippen molar-refractivity contribution in [2.24, 2.45) is 7.05 Å². The Morgan fingerprint density at radius 3 is 2.86 bits per heavy atom. The lowest BCUT2D eigenvalue weighted by Gasteiger charge is -2.15. The third kappa shape index (κ3) is 2.42. The molecule has 5 heteroatoms. The average molecular weight is 259 g/mol. The highest BCUT2D eigenvalue weighted by atomic mass is 79.9. The summed E-state index contributed by atoms with van der Waals surface area (Å²) in [5.74, 6) is 0. The quantitative estimate of drug-likeness (QED) is 0.820. The highest BCUT2D eigenvalue weighted by molar-refractivity contribution is 9.10. The van der Waals surface area contributed by atoms with Gasteiger partial charge < -0.3 is 5.32 Å².